The summed E-state index contributed by atoms with van der Waals surface area (Å²) in [5, 5.41) is 0. The molecule has 1 atom stereocenters. The molecule has 2 rings (SSSR count). The Morgan fingerprint density at radius 1 is 1.25 bits per heavy atom. The van der Waals surface area contributed by atoms with E-state index in [0.717, 1.165) is 31.9 Å². The molecular formula is C15H23N3OS. The molecular weight excluding hydrogens is 270 g/mol. The number of benzene rings is 1. The molecule has 0 aromatic heterocycles. The predicted molar refractivity (Wildman–Crippen MR) is 83.8 cm³/mol. The number of piperazine rings is 1. The smallest absolute Gasteiger partial charge is 0.224 e. The fourth-order valence-corrected chi connectivity index (χ4v) is 3.06. The van der Waals surface area contributed by atoms with Crippen LogP contribution in [0.3, 0.4) is 0 Å². The van der Waals surface area contributed by atoms with Gasteiger partial charge in [-0.3, -0.25) is 4.79 Å². The van der Waals surface area contributed by atoms with E-state index in [1.165, 1.54) is 4.90 Å². The molecule has 4 nitrogen and oxygen atoms in total. The monoisotopic (exact) mass is 293 g/mol. The van der Waals surface area contributed by atoms with E-state index < -0.39 is 0 Å². The second kappa shape index (κ2) is 7.67. The van der Waals surface area contributed by atoms with Crippen LogP contribution in [0.2, 0.25) is 0 Å². The minimum Gasteiger partial charge on any atom is -0.340 e. The molecule has 1 aliphatic heterocycles. The lowest BCUT2D eigenvalue weighted by Gasteiger charge is -2.33. The molecule has 0 radical (unpaired) electrons. The van der Waals surface area contributed by atoms with Gasteiger partial charge >= 0.3 is 0 Å². The molecule has 1 aliphatic rings. The van der Waals surface area contributed by atoms with Gasteiger partial charge in [-0.05, 0) is 19.2 Å². The number of carbonyl (C=O) groups excluding carboxylic acids is 1. The highest BCUT2D eigenvalue weighted by molar-refractivity contribution is 7.99. The van der Waals surface area contributed by atoms with Gasteiger partial charge in [-0.15, -0.1) is 11.8 Å². The maximum absolute atomic E-state index is 12.1. The van der Waals surface area contributed by atoms with Gasteiger partial charge in [-0.2, -0.15) is 0 Å². The molecule has 1 unspecified atom stereocenters. The fourth-order valence-electron chi connectivity index (χ4n) is 2.19. The fraction of sp³-hybridized carbons (Fsp3) is 0.533. The van der Waals surface area contributed by atoms with E-state index in [4.69, 9.17) is 5.73 Å². The number of amides is 1. The van der Waals surface area contributed by atoms with E-state index in [2.05, 4.69) is 24.1 Å². The first kappa shape index (κ1) is 15.4. The highest BCUT2D eigenvalue weighted by atomic mass is 32.2. The number of thioether (sulfide) groups is 1. The number of hydrogen-bond donors (Lipinski definition) is 1. The molecule has 20 heavy (non-hydrogen) atoms. The number of carbonyl (C=O) groups is 1. The van der Waals surface area contributed by atoms with Gasteiger partial charge in [-0.25, -0.2) is 0 Å². The van der Waals surface area contributed by atoms with Crippen LogP contribution >= 0.6 is 11.8 Å². The van der Waals surface area contributed by atoms with Gasteiger partial charge in [0.05, 0.1) is 0 Å². The van der Waals surface area contributed by atoms with Gasteiger partial charge in [0, 0.05) is 49.3 Å². The summed E-state index contributed by atoms with van der Waals surface area (Å²) in [5.41, 5.74) is 6.08. The first-order valence-corrected chi connectivity index (χ1v) is 8.03. The number of nitrogens with zero attached hydrogens (tertiary/aromatic N) is 2. The van der Waals surface area contributed by atoms with Crippen molar-refractivity contribution >= 4 is 17.7 Å². The Bertz CT molecular complexity index is 418. The van der Waals surface area contributed by atoms with Gasteiger partial charge in [0.15, 0.2) is 0 Å². The van der Waals surface area contributed by atoms with Crippen LogP contribution < -0.4 is 5.73 Å². The number of hydrogen-bond acceptors (Lipinski definition) is 4. The molecule has 1 aromatic rings. The van der Waals surface area contributed by atoms with Crippen molar-refractivity contribution in [3.05, 3.63) is 30.3 Å². The zero-order valence-corrected chi connectivity index (χ0v) is 12.8. The molecule has 1 heterocycles. The van der Waals surface area contributed by atoms with Crippen molar-refractivity contribution in [1.29, 1.82) is 0 Å². The average molecular weight is 293 g/mol. The largest absolute Gasteiger partial charge is 0.340 e. The maximum atomic E-state index is 12.1. The van der Waals surface area contributed by atoms with Gasteiger partial charge in [-0.1, -0.05) is 18.2 Å². The van der Waals surface area contributed by atoms with Crippen LogP contribution in [0.4, 0.5) is 0 Å². The third-order valence-corrected chi connectivity index (χ3v) is 4.70. The second-order valence-electron chi connectivity index (χ2n) is 5.27. The van der Waals surface area contributed by atoms with E-state index in [9.17, 15) is 4.79 Å². The van der Waals surface area contributed by atoms with Crippen LogP contribution in [-0.2, 0) is 4.79 Å². The quantitative estimate of drug-likeness (QED) is 0.831. The SMILES string of the molecule is CN1CCN(C(=O)CC(N)CSc2ccccc2)CC1. The van der Waals surface area contributed by atoms with E-state index in [1.54, 1.807) is 11.8 Å². The van der Waals surface area contributed by atoms with Crippen LogP contribution in [0.25, 0.3) is 0 Å². The van der Waals surface area contributed by atoms with Crippen molar-refractivity contribution in [2.75, 3.05) is 39.0 Å². The first-order chi connectivity index (χ1) is 9.65. The van der Waals surface area contributed by atoms with Crippen molar-refractivity contribution in [2.45, 2.75) is 17.4 Å². The van der Waals surface area contributed by atoms with Gasteiger partial charge in [0.1, 0.15) is 0 Å². The van der Waals surface area contributed by atoms with Crippen molar-refractivity contribution in [1.82, 2.24) is 9.80 Å². The summed E-state index contributed by atoms with van der Waals surface area (Å²) in [6, 6.07) is 10.1. The minimum atomic E-state index is -0.0765. The zero-order chi connectivity index (χ0) is 14.4. The van der Waals surface area contributed by atoms with Crippen LogP contribution in [0.15, 0.2) is 35.2 Å². The van der Waals surface area contributed by atoms with E-state index in [-0.39, 0.29) is 11.9 Å². The topological polar surface area (TPSA) is 49.6 Å². The van der Waals surface area contributed by atoms with E-state index in [1.807, 2.05) is 23.1 Å². The zero-order valence-electron chi connectivity index (χ0n) is 12.0. The third kappa shape index (κ3) is 4.81. The molecule has 0 saturated carbocycles. The number of likely N-dealkylation sites (N-methyl/N-ethyl adjacent to an activating group) is 1. The summed E-state index contributed by atoms with van der Waals surface area (Å²) in [6.45, 7) is 3.57. The van der Waals surface area contributed by atoms with Crippen molar-refractivity contribution in [3.8, 4) is 0 Å². The molecule has 1 saturated heterocycles. The Balaban J connectivity index is 1.71. The number of nitrogens with two attached hydrogens (primary N) is 1. The van der Waals surface area contributed by atoms with Crippen molar-refractivity contribution < 1.29 is 4.79 Å². The Hall–Kier alpha value is -1.04. The highest BCUT2D eigenvalue weighted by Gasteiger charge is 2.20. The third-order valence-electron chi connectivity index (χ3n) is 3.50. The van der Waals surface area contributed by atoms with Gasteiger partial charge < -0.3 is 15.5 Å². The molecule has 5 heteroatoms. The normalized spacial score (nSPS) is 18.0. The van der Waals surface area contributed by atoms with Crippen molar-refractivity contribution in [2.24, 2.45) is 5.73 Å². The van der Waals surface area contributed by atoms with Crippen molar-refractivity contribution in [3.63, 3.8) is 0 Å². The lowest BCUT2D eigenvalue weighted by Crippen LogP contribution is -2.48. The summed E-state index contributed by atoms with van der Waals surface area (Å²) in [4.78, 5) is 17.5. The molecule has 1 aromatic carbocycles. The standard InChI is InChI=1S/C15H23N3OS/c1-17-7-9-18(10-8-17)15(19)11-13(16)12-20-14-5-3-2-4-6-14/h2-6,13H,7-12,16H2,1H3. The Kier molecular flexibility index (Phi) is 5.88. The summed E-state index contributed by atoms with van der Waals surface area (Å²) < 4.78 is 0. The molecule has 1 fully saturated rings. The van der Waals surface area contributed by atoms with E-state index in [0.29, 0.717) is 6.42 Å². The number of rotatable bonds is 5. The van der Waals surface area contributed by atoms with Crippen LogP contribution in [-0.4, -0.2) is 60.7 Å². The Morgan fingerprint density at radius 2 is 1.90 bits per heavy atom. The Labute approximate surface area is 125 Å². The molecule has 1 amide bonds. The molecule has 110 valence electrons. The van der Waals surface area contributed by atoms with E-state index >= 15 is 0 Å². The summed E-state index contributed by atoms with van der Waals surface area (Å²) in [7, 11) is 2.09. The molecule has 2 N–H and O–H groups in total. The molecule has 0 spiro atoms. The van der Waals surface area contributed by atoms with Gasteiger partial charge in [0.25, 0.3) is 0 Å². The predicted octanol–water partition coefficient (Wildman–Crippen LogP) is 1.27. The molecule has 0 bridgehead atoms. The van der Waals surface area contributed by atoms with Crippen LogP contribution in [0.1, 0.15) is 6.42 Å². The second-order valence-corrected chi connectivity index (χ2v) is 6.37. The first-order valence-electron chi connectivity index (χ1n) is 7.05. The summed E-state index contributed by atoms with van der Waals surface area (Å²) >= 11 is 1.71. The maximum Gasteiger partial charge on any atom is 0.224 e. The van der Waals surface area contributed by atoms with Crippen LogP contribution in [0.5, 0.6) is 0 Å². The lowest BCUT2D eigenvalue weighted by atomic mass is 10.2. The Morgan fingerprint density at radius 3 is 2.55 bits per heavy atom. The summed E-state index contributed by atoms with van der Waals surface area (Å²) in [6.07, 6.45) is 0.448. The average Bonchev–Trinajstić information content (AvgIpc) is 2.47. The molecule has 0 aliphatic carbocycles. The summed E-state index contributed by atoms with van der Waals surface area (Å²) in [5.74, 6) is 0.975. The lowest BCUT2D eigenvalue weighted by molar-refractivity contribution is -0.133. The van der Waals surface area contributed by atoms with Crippen LogP contribution in [0, 0.1) is 0 Å². The highest BCUT2D eigenvalue weighted by Crippen LogP contribution is 2.18. The van der Waals surface area contributed by atoms with Gasteiger partial charge in [0.2, 0.25) is 5.91 Å². The minimum absolute atomic E-state index is 0.0765.